The molecule has 0 atom stereocenters. The number of carbonyl (C=O) groups excluding carboxylic acids is 1. The van der Waals surface area contributed by atoms with Gasteiger partial charge in [0.05, 0.1) is 27.1 Å². The molecule has 5 rings (SSSR count). The number of aromatic nitrogens is 1. The van der Waals surface area contributed by atoms with E-state index in [4.69, 9.17) is 5.26 Å². The van der Waals surface area contributed by atoms with Crippen LogP contribution in [-0.2, 0) is 11.2 Å². The summed E-state index contributed by atoms with van der Waals surface area (Å²) >= 11 is 1.26. The van der Waals surface area contributed by atoms with Crippen molar-refractivity contribution in [3.63, 3.8) is 0 Å². The maximum absolute atomic E-state index is 13.4. The zero-order valence-electron chi connectivity index (χ0n) is 18.9. The molecule has 176 valence electrons. The van der Waals surface area contributed by atoms with E-state index in [0.717, 1.165) is 22.0 Å². The Morgan fingerprint density at radius 3 is 2.56 bits per heavy atom. The molecule has 1 amide bonds. The molecule has 1 fully saturated rings. The van der Waals surface area contributed by atoms with Crippen LogP contribution in [0.2, 0.25) is 0 Å². The fourth-order valence-corrected chi connectivity index (χ4v) is 4.95. The highest BCUT2D eigenvalue weighted by Crippen LogP contribution is 2.35. The van der Waals surface area contributed by atoms with E-state index in [1.807, 2.05) is 30.5 Å². The van der Waals surface area contributed by atoms with Gasteiger partial charge in [-0.2, -0.15) is 5.26 Å². The van der Waals surface area contributed by atoms with Gasteiger partial charge in [-0.3, -0.25) is 19.8 Å². The van der Waals surface area contributed by atoms with Gasteiger partial charge >= 0.3 is 0 Å². The number of nitrogens with zero attached hydrogens (tertiary/aromatic N) is 4. The number of para-hydroxylation sites is 1. The van der Waals surface area contributed by atoms with Crippen molar-refractivity contribution >= 4 is 51.2 Å². The summed E-state index contributed by atoms with van der Waals surface area (Å²) in [5.74, 6) is -0.162. The average Bonchev–Trinajstić information content (AvgIpc) is 3.44. The van der Waals surface area contributed by atoms with Gasteiger partial charge in [0.2, 0.25) is 0 Å². The van der Waals surface area contributed by atoms with Crippen molar-refractivity contribution in [3.8, 4) is 6.07 Å². The minimum Gasteiger partial charge on any atom is -0.361 e. The van der Waals surface area contributed by atoms with Crippen molar-refractivity contribution in [2.75, 3.05) is 6.54 Å². The van der Waals surface area contributed by atoms with Gasteiger partial charge in [0.15, 0.2) is 5.17 Å². The molecule has 8 nitrogen and oxygen atoms in total. The van der Waals surface area contributed by atoms with Crippen LogP contribution in [-0.4, -0.2) is 32.4 Å². The second-order valence-corrected chi connectivity index (χ2v) is 9.09. The molecule has 3 aromatic carbocycles. The molecule has 1 aliphatic heterocycles. The summed E-state index contributed by atoms with van der Waals surface area (Å²) in [4.78, 5) is 34.0. The number of hydrogen-bond donors (Lipinski definition) is 1. The number of carbonyl (C=O) groups is 1. The van der Waals surface area contributed by atoms with E-state index >= 15 is 0 Å². The molecule has 36 heavy (non-hydrogen) atoms. The molecule has 1 aliphatic rings. The Morgan fingerprint density at radius 1 is 1.08 bits per heavy atom. The highest BCUT2D eigenvalue weighted by Gasteiger charge is 2.33. The molecule has 0 radical (unpaired) electrons. The van der Waals surface area contributed by atoms with Crippen molar-refractivity contribution < 1.29 is 9.72 Å². The quantitative estimate of drug-likeness (QED) is 0.207. The lowest BCUT2D eigenvalue weighted by Gasteiger charge is -2.15. The van der Waals surface area contributed by atoms with E-state index in [1.54, 1.807) is 47.4 Å². The first-order chi connectivity index (χ1) is 17.5. The minimum atomic E-state index is -0.462. The van der Waals surface area contributed by atoms with E-state index in [2.05, 4.69) is 16.0 Å². The zero-order chi connectivity index (χ0) is 25.1. The van der Waals surface area contributed by atoms with Crippen LogP contribution in [0.1, 0.15) is 16.7 Å². The number of nitrogens with one attached hydrogen (secondary N) is 1. The van der Waals surface area contributed by atoms with Crippen LogP contribution in [0.5, 0.6) is 0 Å². The summed E-state index contributed by atoms with van der Waals surface area (Å²) < 4.78 is 0. The van der Waals surface area contributed by atoms with Crippen LogP contribution < -0.4 is 0 Å². The van der Waals surface area contributed by atoms with E-state index in [0.29, 0.717) is 34.3 Å². The molecule has 1 aromatic heterocycles. The van der Waals surface area contributed by atoms with Crippen LogP contribution in [0.4, 0.5) is 11.4 Å². The Hall–Kier alpha value is -4.68. The Labute approximate surface area is 210 Å². The maximum atomic E-state index is 13.4. The molecular weight excluding hydrogens is 474 g/mol. The third-order valence-electron chi connectivity index (χ3n) is 5.79. The molecule has 9 heteroatoms. The molecule has 4 aromatic rings. The predicted molar refractivity (Wildman–Crippen MR) is 141 cm³/mol. The zero-order valence-corrected chi connectivity index (χ0v) is 19.7. The number of amides is 1. The van der Waals surface area contributed by atoms with E-state index in [-0.39, 0.29) is 11.6 Å². The van der Waals surface area contributed by atoms with Gasteiger partial charge in [0.25, 0.3) is 11.6 Å². The molecule has 1 N–H and O–H groups in total. The van der Waals surface area contributed by atoms with Crippen LogP contribution in [0.15, 0.2) is 88.9 Å². The number of H-pyrrole nitrogens is 1. The lowest BCUT2D eigenvalue weighted by molar-refractivity contribution is -0.384. The summed E-state index contributed by atoms with van der Waals surface area (Å²) in [5, 5.41) is 21.6. The van der Waals surface area contributed by atoms with E-state index < -0.39 is 4.92 Å². The fourth-order valence-electron chi connectivity index (χ4n) is 3.92. The van der Waals surface area contributed by atoms with Gasteiger partial charge in [-0.15, -0.1) is 0 Å². The predicted octanol–water partition coefficient (Wildman–Crippen LogP) is 5.79. The van der Waals surface area contributed by atoms with Crippen molar-refractivity contribution in [1.29, 1.82) is 5.26 Å². The summed E-state index contributed by atoms with van der Waals surface area (Å²) in [6, 6.07) is 23.0. The van der Waals surface area contributed by atoms with Crippen molar-refractivity contribution in [2.24, 2.45) is 4.99 Å². The average molecular weight is 494 g/mol. The Morgan fingerprint density at radius 2 is 1.83 bits per heavy atom. The largest absolute Gasteiger partial charge is 0.361 e. The van der Waals surface area contributed by atoms with E-state index in [9.17, 15) is 14.9 Å². The molecule has 0 saturated carbocycles. The minimum absolute atomic E-state index is 0.0216. The number of hydrogen-bond acceptors (Lipinski definition) is 6. The molecule has 0 aliphatic carbocycles. The molecular formula is C27H19N5O3S. The smallest absolute Gasteiger partial charge is 0.269 e. The number of nitriles is 1. The highest BCUT2D eigenvalue weighted by molar-refractivity contribution is 8.18. The molecule has 2 heterocycles. The second-order valence-electron chi connectivity index (χ2n) is 8.08. The second kappa shape index (κ2) is 9.90. The first-order valence-corrected chi connectivity index (χ1v) is 11.9. The number of benzene rings is 3. The summed E-state index contributed by atoms with van der Waals surface area (Å²) in [7, 11) is 0. The highest BCUT2D eigenvalue weighted by atomic mass is 32.2. The van der Waals surface area contributed by atoms with Crippen molar-refractivity contribution in [2.45, 2.75) is 6.42 Å². The Balaban J connectivity index is 1.45. The number of nitro groups is 1. The number of thioether (sulfide) groups is 1. The maximum Gasteiger partial charge on any atom is 0.269 e. The van der Waals surface area contributed by atoms with Crippen LogP contribution in [0.3, 0.4) is 0 Å². The van der Waals surface area contributed by atoms with Crippen LogP contribution in [0.25, 0.3) is 17.0 Å². The van der Waals surface area contributed by atoms with Crippen molar-refractivity contribution in [3.05, 3.63) is 111 Å². The molecule has 0 bridgehead atoms. The number of aliphatic imine (C=N–C) groups is 1. The number of amidine groups is 1. The van der Waals surface area contributed by atoms with Gasteiger partial charge in [0, 0.05) is 35.8 Å². The number of non-ortho nitro benzene ring substituents is 1. The summed E-state index contributed by atoms with van der Waals surface area (Å²) in [6.45, 7) is 0.421. The van der Waals surface area contributed by atoms with Gasteiger partial charge < -0.3 is 4.98 Å². The first kappa shape index (κ1) is 23.1. The Bertz CT molecular complexity index is 1560. The SMILES string of the molecule is N#Cc1ccc(/C=C2\SC(=Nc3ccc([N+](=O)[O-])cc3)N(CCc3c[nH]c4ccccc34)C2=O)cc1. The van der Waals surface area contributed by atoms with Gasteiger partial charge in [-0.25, -0.2) is 4.99 Å². The fraction of sp³-hybridized carbons (Fsp3) is 0.0741. The van der Waals surface area contributed by atoms with Gasteiger partial charge in [0.1, 0.15) is 0 Å². The normalized spacial score (nSPS) is 15.6. The standard InChI is InChI=1S/C27H19N5O3S/c28-16-19-7-5-18(6-8-19)15-25-26(33)31(14-13-20-17-29-24-4-2-1-3-23(20)24)27(36-25)30-21-9-11-22(12-10-21)32(34)35/h1-12,15,17,29H,13-14H2/b25-15-,30-27?. The van der Waals surface area contributed by atoms with E-state index in [1.165, 1.54) is 23.9 Å². The monoisotopic (exact) mass is 493 g/mol. The molecule has 0 spiro atoms. The topological polar surface area (TPSA) is 115 Å². The molecule has 0 unspecified atom stereocenters. The number of rotatable bonds is 6. The lowest BCUT2D eigenvalue weighted by Crippen LogP contribution is -2.31. The van der Waals surface area contributed by atoms with Gasteiger partial charge in [-0.1, -0.05) is 30.3 Å². The van der Waals surface area contributed by atoms with Crippen LogP contribution in [0, 0.1) is 21.4 Å². The number of nitro benzene ring substituents is 1. The summed E-state index contributed by atoms with van der Waals surface area (Å²) in [5.41, 5.74) is 3.99. The third-order valence-corrected chi connectivity index (χ3v) is 6.80. The number of fused-ring (bicyclic) bond motifs is 1. The number of aromatic amines is 1. The first-order valence-electron chi connectivity index (χ1n) is 11.1. The van der Waals surface area contributed by atoms with Gasteiger partial charge in [-0.05, 0) is 65.7 Å². The van der Waals surface area contributed by atoms with Crippen LogP contribution >= 0.6 is 11.8 Å². The third kappa shape index (κ3) is 4.76. The Kier molecular flexibility index (Phi) is 6.34. The summed E-state index contributed by atoms with van der Waals surface area (Å²) in [6.07, 6.45) is 4.37. The van der Waals surface area contributed by atoms with Crippen molar-refractivity contribution in [1.82, 2.24) is 9.88 Å². The molecule has 1 saturated heterocycles. The lowest BCUT2D eigenvalue weighted by atomic mass is 10.1.